The van der Waals surface area contributed by atoms with Crippen LogP contribution in [0.3, 0.4) is 0 Å². The summed E-state index contributed by atoms with van der Waals surface area (Å²) in [6.07, 6.45) is 2.67. The quantitative estimate of drug-likeness (QED) is 0.811. The molecule has 4 heteroatoms. The maximum absolute atomic E-state index is 5.60. The smallest absolute Gasteiger partial charge is 0.161 e. The molecule has 1 unspecified atom stereocenters. The fraction of sp³-hybridized carbons (Fsp3) is 0.267. The Labute approximate surface area is 120 Å². The minimum absolute atomic E-state index is 0.221. The van der Waals surface area contributed by atoms with Crippen LogP contribution in [0.15, 0.2) is 42.6 Å². The molecule has 0 bridgehead atoms. The maximum Gasteiger partial charge on any atom is 0.161 e. The molecule has 1 atom stereocenters. The fourth-order valence-electron chi connectivity index (χ4n) is 2.08. The molecule has 0 spiro atoms. The van der Waals surface area contributed by atoms with Gasteiger partial charge in [0.05, 0.1) is 0 Å². The molecule has 2 heterocycles. The third-order valence-corrected chi connectivity index (χ3v) is 3.89. The van der Waals surface area contributed by atoms with Crippen LogP contribution in [0.1, 0.15) is 16.1 Å². The number of pyridine rings is 1. The van der Waals surface area contributed by atoms with Crippen LogP contribution in [0, 0.1) is 0 Å². The number of fused-ring (bicyclic) bond motifs is 1. The van der Waals surface area contributed by atoms with Crippen molar-refractivity contribution in [3.8, 4) is 11.5 Å². The van der Waals surface area contributed by atoms with E-state index in [1.807, 2.05) is 36.5 Å². The summed E-state index contributed by atoms with van der Waals surface area (Å²) in [6, 6.07) is 12.0. The zero-order valence-corrected chi connectivity index (χ0v) is 12.0. The van der Waals surface area contributed by atoms with Gasteiger partial charge in [-0.05, 0) is 29.8 Å². The van der Waals surface area contributed by atoms with Crippen LogP contribution in [0.4, 0.5) is 0 Å². The van der Waals surface area contributed by atoms with Gasteiger partial charge in [-0.2, -0.15) is 0 Å². The molecule has 1 aliphatic heterocycles. The Morgan fingerprint density at radius 3 is 2.74 bits per heavy atom. The van der Waals surface area contributed by atoms with Crippen molar-refractivity contribution >= 4 is 15.9 Å². The zero-order valence-electron chi connectivity index (χ0n) is 10.4. The van der Waals surface area contributed by atoms with Crippen LogP contribution in [-0.2, 0) is 6.42 Å². The molecule has 0 radical (unpaired) electrons. The second kappa shape index (κ2) is 5.61. The standard InChI is InChI=1S/C15H14BrNO2/c16-13(10-12-3-1-2-6-17-12)11-4-5-14-15(9-11)19-8-7-18-14/h1-6,9,13H,7-8,10H2. The third-order valence-electron chi connectivity index (χ3n) is 3.04. The van der Waals surface area contributed by atoms with Crippen molar-refractivity contribution in [1.82, 2.24) is 4.98 Å². The van der Waals surface area contributed by atoms with E-state index in [4.69, 9.17) is 9.47 Å². The van der Waals surface area contributed by atoms with E-state index >= 15 is 0 Å². The van der Waals surface area contributed by atoms with Crippen LogP contribution in [0.5, 0.6) is 11.5 Å². The largest absolute Gasteiger partial charge is 0.486 e. The molecule has 1 aromatic heterocycles. The molecule has 1 aromatic carbocycles. The first-order chi connectivity index (χ1) is 9.33. The van der Waals surface area contributed by atoms with Crippen molar-refractivity contribution in [3.63, 3.8) is 0 Å². The molecule has 19 heavy (non-hydrogen) atoms. The predicted molar refractivity (Wildman–Crippen MR) is 77.0 cm³/mol. The summed E-state index contributed by atoms with van der Waals surface area (Å²) in [5, 5.41) is 0. The Balaban J connectivity index is 1.78. The Morgan fingerprint density at radius 1 is 1.11 bits per heavy atom. The first-order valence-corrected chi connectivity index (χ1v) is 7.18. The summed E-state index contributed by atoms with van der Waals surface area (Å²) in [5.74, 6) is 1.65. The number of ether oxygens (including phenoxy) is 2. The van der Waals surface area contributed by atoms with E-state index in [-0.39, 0.29) is 4.83 Å². The molecule has 0 saturated heterocycles. The highest BCUT2D eigenvalue weighted by Crippen LogP contribution is 2.35. The minimum Gasteiger partial charge on any atom is -0.486 e. The lowest BCUT2D eigenvalue weighted by Crippen LogP contribution is -2.15. The highest BCUT2D eigenvalue weighted by Gasteiger charge is 2.15. The number of halogens is 1. The summed E-state index contributed by atoms with van der Waals surface area (Å²) in [4.78, 5) is 4.57. The molecule has 3 nitrogen and oxygen atoms in total. The molecule has 1 aliphatic rings. The Hall–Kier alpha value is -1.55. The summed E-state index contributed by atoms with van der Waals surface area (Å²) in [5.41, 5.74) is 2.24. The number of hydrogen-bond donors (Lipinski definition) is 0. The average molecular weight is 320 g/mol. The van der Waals surface area contributed by atoms with E-state index in [2.05, 4.69) is 27.0 Å². The van der Waals surface area contributed by atoms with Crippen LogP contribution >= 0.6 is 15.9 Å². The van der Waals surface area contributed by atoms with E-state index in [9.17, 15) is 0 Å². The molecule has 98 valence electrons. The number of benzene rings is 1. The number of rotatable bonds is 3. The van der Waals surface area contributed by atoms with Gasteiger partial charge in [0.15, 0.2) is 11.5 Å². The van der Waals surface area contributed by atoms with Gasteiger partial charge >= 0.3 is 0 Å². The van der Waals surface area contributed by atoms with Gasteiger partial charge in [0.25, 0.3) is 0 Å². The molecular formula is C15H14BrNO2. The number of alkyl halides is 1. The SMILES string of the molecule is BrC(Cc1ccccn1)c1ccc2c(c1)OCCO2. The predicted octanol–water partition coefficient (Wildman–Crippen LogP) is 3.53. The molecule has 0 aliphatic carbocycles. The fourth-order valence-corrected chi connectivity index (χ4v) is 2.69. The van der Waals surface area contributed by atoms with Crippen LogP contribution in [-0.4, -0.2) is 18.2 Å². The number of aromatic nitrogens is 1. The molecule has 2 aromatic rings. The topological polar surface area (TPSA) is 31.4 Å². The number of nitrogens with zero attached hydrogens (tertiary/aromatic N) is 1. The van der Waals surface area contributed by atoms with E-state index in [0.717, 1.165) is 23.6 Å². The summed E-state index contributed by atoms with van der Waals surface area (Å²) >= 11 is 3.71. The van der Waals surface area contributed by atoms with Crippen molar-refractivity contribution in [1.29, 1.82) is 0 Å². The van der Waals surface area contributed by atoms with Gasteiger partial charge < -0.3 is 9.47 Å². The van der Waals surface area contributed by atoms with Crippen LogP contribution in [0.25, 0.3) is 0 Å². The van der Waals surface area contributed by atoms with Gasteiger partial charge in [0, 0.05) is 23.1 Å². The number of hydrogen-bond acceptors (Lipinski definition) is 3. The lowest BCUT2D eigenvalue weighted by Gasteiger charge is -2.20. The molecular weight excluding hydrogens is 306 g/mol. The molecule has 0 fully saturated rings. The van der Waals surface area contributed by atoms with E-state index in [0.29, 0.717) is 13.2 Å². The van der Waals surface area contributed by atoms with Gasteiger partial charge in [-0.15, -0.1) is 0 Å². The first-order valence-electron chi connectivity index (χ1n) is 6.26. The van der Waals surface area contributed by atoms with Gasteiger partial charge in [0.1, 0.15) is 13.2 Å². The van der Waals surface area contributed by atoms with E-state index in [1.54, 1.807) is 0 Å². The third kappa shape index (κ3) is 2.89. The first kappa shape index (κ1) is 12.5. The monoisotopic (exact) mass is 319 g/mol. The van der Waals surface area contributed by atoms with E-state index in [1.165, 1.54) is 5.56 Å². The van der Waals surface area contributed by atoms with Crippen molar-refractivity contribution in [2.24, 2.45) is 0 Å². The maximum atomic E-state index is 5.60. The highest BCUT2D eigenvalue weighted by molar-refractivity contribution is 9.09. The molecule has 3 rings (SSSR count). The summed E-state index contributed by atoms with van der Waals surface area (Å²) in [7, 11) is 0. The van der Waals surface area contributed by atoms with Gasteiger partial charge in [-0.25, -0.2) is 0 Å². The Bertz CT molecular complexity index is 559. The van der Waals surface area contributed by atoms with Crippen LogP contribution in [0.2, 0.25) is 0 Å². The van der Waals surface area contributed by atoms with Crippen molar-refractivity contribution in [2.75, 3.05) is 13.2 Å². The summed E-state index contributed by atoms with van der Waals surface area (Å²) in [6.45, 7) is 1.24. The Morgan fingerprint density at radius 2 is 1.95 bits per heavy atom. The average Bonchev–Trinajstić information content (AvgIpc) is 2.48. The van der Waals surface area contributed by atoms with Crippen molar-refractivity contribution in [3.05, 3.63) is 53.9 Å². The molecule has 0 amide bonds. The highest BCUT2D eigenvalue weighted by atomic mass is 79.9. The van der Waals surface area contributed by atoms with Crippen LogP contribution < -0.4 is 9.47 Å². The lowest BCUT2D eigenvalue weighted by molar-refractivity contribution is 0.171. The van der Waals surface area contributed by atoms with E-state index < -0.39 is 0 Å². The summed E-state index contributed by atoms with van der Waals surface area (Å²) < 4.78 is 11.1. The van der Waals surface area contributed by atoms with Crippen molar-refractivity contribution < 1.29 is 9.47 Å². The van der Waals surface area contributed by atoms with Gasteiger partial charge in [0.2, 0.25) is 0 Å². The molecule has 0 N–H and O–H groups in total. The second-order valence-corrected chi connectivity index (χ2v) is 5.50. The normalized spacial score (nSPS) is 15.0. The van der Waals surface area contributed by atoms with Gasteiger partial charge in [-0.3, -0.25) is 4.98 Å². The molecule has 0 saturated carbocycles. The zero-order chi connectivity index (χ0) is 13.1. The minimum atomic E-state index is 0.221. The van der Waals surface area contributed by atoms with Gasteiger partial charge in [-0.1, -0.05) is 28.1 Å². The van der Waals surface area contributed by atoms with Crippen molar-refractivity contribution in [2.45, 2.75) is 11.2 Å². The second-order valence-electron chi connectivity index (χ2n) is 4.40. The Kier molecular flexibility index (Phi) is 3.69. The lowest BCUT2D eigenvalue weighted by atomic mass is 10.1.